The number of nitrogens with zero attached hydrogens (tertiary/aromatic N) is 1. The monoisotopic (exact) mass is 271 g/mol. The average molecular weight is 271 g/mol. The van der Waals surface area contributed by atoms with Crippen molar-refractivity contribution in [3.8, 4) is 0 Å². The minimum atomic E-state index is -0.397. The van der Waals surface area contributed by atoms with Crippen LogP contribution in [0.5, 0.6) is 0 Å². The lowest BCUT2D eigenvalue weighted by Crippen LogP contribution is -2.56. The molecule has 0 aliphatic carbocycles. The van der Waals surface area contributed by atoms with Gasteiger partial charge in [0.1, 0.15) is 5.60 Å². The minimum Gasteiger partial charge on any atom is -0.444 e. The molecule has 2 heterocycles. The first-order chi connectivity index (χ1) is 8.40. The fraction of sp³-hybridized carbons (Fsp3) is 0.929. The van der Waals surface area contributed by atoms with Crippen LogP contribution in [0.1, 0.15) is 52.9 Å². The smallest absolute Gasteiger partial charge is 0.410 e. The predicted octanol–water partition coefficient (Wildman–Crippen LogP) is 3.48. The van der Waals surface area contributed by atoms with Crippen LogP contribution in [0.25, 0.3) is 0 Å². The van der Waals surface area contributed by atoms with Gasteiger partial charge < -0.3 is 9.64 Å². The molecule has 2 aliphatic heterocycles. The molecule has 2 fully saturated rings. The number of hydrogen-bond donors (Lipinski definition) is 1. The summed E-state index contributed by atoms with van der Waals surface area (Å²) in [6, 6.07) is 0.758. The maximum atomic E-state index is 12.3. The van der Waals surface area contributed by atoms with Gasteiger partial charge in [-0.1, -0.05) is 0 Å². The zero-order valence-corrected chi connectivity index (χ0v) is 12.6. The van der Waals surface area contributed by atoms with Crippen LogP contribution in [0.3, 0.4) is 0 Å². The summed E-state index contributed by atoms with van der Waals surface area (Å²) in [6.45, 7) is 5.80. The van der Waals surface area contributed by atoms with Gasteiger partial charge >= 0.3 is 6.09 Å². The zero-order chi connectivity index (χ0) is 13.3. The molecule has 2 rings (SSSR count). The predicted molar refractivity (Wildman–Crippen MR) is 76.1 cm³/mol. The van der Waals surface area contributed by atoms with Gasteiger partial charge in [0, 0.05) is 12.1 Å². The molecule has 18 heavy (non-hydrogen) atoms. The summed E-state index contributed by atoms with van der Waals surface area (Å²) in [6.07, 6.45) is 5.57. The molecule has 2 atom stereocenters. The number of ether oxygens (including phenoxy) is 1. The second-order valence-corrected chi connectivity index (χ2v) is 7.01. The number of carbonyl (C=O) groups is 1. The van der Waals surface area contributed by atoms with Crippen molar-refractivity contribution in [1.29, 1.82) is 0 Å². The maximum Gasteiger partial charge on any atom is 0.410 e. The normalized spacial score (nSPS) is 32.2. The first kappa shape index (κ1) is 14.0. The van der Waals surface area contributed by atoms with Crippen LogP contribution in [-0.4, -0.2) is 34.4 Å². The molecular weight excluding hydrogens is 246 g/mol. The van der Waals surface area contributed by atoms with E-state index in [4.69, 9.17) is 4.74 Å². The molecule has 3 nitrogen and oxygen atoms in total. The van der Waals surface area contributed by atoms with E-state index < -0.39 is 5.60 Å². The Balaban J connectivity index is 2.06. The van der Waals surface area contributed by atoms with Gasteiger partial charge in [0.15, 0.2) is 0 Å². The van der Waals surface area contributed by atoms with E-state index in [1.165, 1.54) is 6.42 Å². The molecule has 0 aromatic heterocycles. The van der Waals surface area contributed by atoms with Crippen LogP contribution < -0.4 is 0 Å². The van der Waals surface area contributed by atoms with E-state index in [1.54, 1.807) is 0 Å². The van der Waals surface area contributed by atoms with Gasteiger partial charge in [0.05, 0.1) is 0 Å². The van der Waals surface area contributed by atoms with Gasteiger partial charge in [0.25, 0.3) is 0 Å². The molecule has 0 aromatic rings. The highest BCUT2D eigenvalue weighted by atomic mass is 32.1. The number of fused-ring (bicyclic) bond motifs is 2. The summed E-state index contributed by atoms with van der Waals surface area (Å²) in [5.41, 5.74) is -0.397. The highest BCUT2D eigenvalue weighted by molar-refractivity contribution is 7.80. The van der Waals surface area contributed by atoms with E-state index in [1.807, 2.05) is 25.7 Å². The second-order valence-electron chi connectivity index (χ2n) is 6.65. The van der Waals surface area contributed by atoms with E-state index in [2.05, 4.69) is 12.6 Å². The van der Waals surface area contributed by atoms with Crippen molar-refractivity contribution >= 4 is 18.7 Å². The van der Waals surface area contributed by atoms with Gasteiger partial charge in [-0.15, -0.1) is 0 Å². The summed E-state index contributed by atoms with van der Waals surface area (Å²) >= 11 is 4.42. The third-order valence-corrected chi connectivity index (χ3v) is 4.45. The largest absolute Gasteiger partial charge is 0.444 e. The van der Waals surface area contributed by atoms with Gasteiger partial charge in [-0.05, 0) is 64.5 Å². The topological polar surface area (TPSA) is 29.5 Å². The van der Waals surface area contributed by atoms with Crippen molar-refractivity contribution in [3.63, 3.8) is 0 Å². The quantitative estimate of drug-likeness (QED) is 0.740. The highest BCUT2D eigenvalue weighted by Gasteiger charge is 2.41. The summed E-state index contributed by atoms with van der Waals surface area (Å²) in [5.74, 6) is 1.61. The summed E-state index contributed by atoms with van der Waals surface area (Å²) in [7, 11) is 0. The summed E-state index contributed by atoms with van der Waals surface area (Å²) in [5, 5.41) is 0. The molecule has 1 amide bonds. The van der Waals surface area contributed by atoms with E-state index in [0.717, 1.165) is 31.4 Å². The van der Waals surface area contributed by atoms with Crippen molar-refractivity contribution in [2.45, 2.75) is 70.6 Å². The molecule has 2 bridgehead atoms. The van der Waals surface area contributed by atoms with Crippen LogP contribution in [0, 0.1) is 5.92 Å². The molecule has 2 aliphatic rings. The number of rotatable bonds is 1. The van der Waals surface area contributed by atoms with E-state index >= 15 is 0 Å². The maximum absolute atomic E-state index is 12.3. The second kappa shape index (κ2) is 5.32. The fourth-order valence-corrected chi connectivity index (χ4v) is 3.55. The van der Waals surface area contributed by atoms with Crippen molar-refractivity contribution in [2.24, 2.45) is 5.92 Å². The average Bonchev–Trinajstić information content (AvgIpc) is 2.24. The van der Waals surface area contributed by atoms with Gasteiger partial charge in [-0.2, -0.15) is 12.6 Å². The standard InChI is InChI=1S/C14H25NO2S/c1-14(2,3)17-13(16)15-11-5-4-6-12(15)8-10(7-11)9-18/h10-12,18H,4-9H2,1-3H3. The molecule has 2 saturated heterocycles. The van der Waals surface area contributed by atoms with E-state index in [0.29, 0.717) is 18.0 Å². The van der Waals surface area contributed by atoms with Crippen LogP contribution in [-0.2, 0) is 4.74 Å². The third kappa shape index (κ3) is 3.14. The molecular formula is C14H25NO2S. The van der Waals surface area contributed by atoms with Crippen LogP contribution in [0.15, 0.2) is 0 Å². The Hall–Kier alpha value is -0.380. The Kier molecular flexibility index (Phi) is 4.15. The van der Waals surface area contributed by atoms with Gasteiger partial charge in [-0.25, -0.2) is 4.79 Å². The van der Waals surface area contributed by atoms with Crippen molar-refractivity contribution in [3.05, 3.63) is 0 Å². The summed E-state index contributed by atoms with van der Waals surface area (Å²) in [4.78, 5) is 14.3. The Labute approximate surface area is 116 Å². The molecule has 0 aromatic carbocycles. The molecule has 4 heteroatoms. The lowest BCUT2D eigenvalue weighted by atomic mass is 9.79. The molecule has 2 unspecified atom stereocenters. The fourth-order valence-electron chi connectivity index (χ4n) is 3.26. The lowest BCUT2D eigenvalue weighted by Gasteiger charge is -2.48. The van der Waals surface area contributed by atoms with E-state index in [-0.39, 0.29) is 6.09 Å². The Bertz CT molecular complexity index is 299. The number of piperidine rings is 2. The Morgan fingerprint density at radius 1 is 1.28 bits per heavy atom. The zero-order valence-electron chi connectivity index (χ0n) is 11.7. The molecule has 0 saturated carbocycles. The summed E-state index contributed by atoms with van der Waals surface area (Å²) < 4.78 is 5.55. The molecule has 104 valence electrons. The van der Waals surface area contributed by atoms with Crippen LogP contribution in [0.4, 0.5) is 4.79 Å². The van der Waals surface area contributed by atoms with Crippen molar-refractivity contribution in [1.82, 2.24) is 4.90 Å². The van der Waals surface area contributed by atoms with Crippen LogP contribution >= 0.6 is 12.6 Å². The van der Waals surface area contributed by atoms with Gasteiger partial charge in [0.2, 0.25) is 0 Å². The molecule has 0 spiro atoms. The first-order valence-corrected chi connectivity index (χ1v) is 7.66. The van der Waals surface area contributed by atoms with Crippen LogP contribution in [0.2, 0.25) is 0 Å². The van der Waals surface area contributed by atoms with Gasteiger partial charge in [-0.3, -0.25) is 0 Å². The lowest BCUT2D eigenvalue weighted by molar-refractivity contribution is -0.0259. The van der Waals surface area contributed by atoms with Crippen molar-refractivity contribution < 1.29 is 9.53 Å². The molecule has 0 radical (unpaired) electrons. The number of thiol groups is 1. The number of amides is 1. The first-order valence-electron chi connectivity index (χ1n) is 7.03. The number of carbonyl (C=O) groups excluding carboxylic acids is 1. The Morgan fingerprint density at radius 3 is 2.28 bits per heavy atom. The Morgan fingerprint density at radius 2 is 1.83 bits per heavy atom. The highest BCUT2D eigenvalue weighted by Crippen LogP contribution is 2.38. The minimum absolute atomic E-state index is 0.116. The SMILES string of the molecule is CC(C)(C)OC(=O)N1C2CCCC1CC(CS)C2. The van der Waals surface area contributed by atoms with E-state index in [9.17, 15) is 4.79 Å². The molecule has 0 N–H and O–H groups in total. The third-order valence-electron chi connectivity index (χ3n) is 3.93. The van der Waals surface area contributed by atoms with Crippen molar-refractivity contribution in [2.75, 3.05) is 5.75 Å². The number of hydrogen-bond acceptors (Lipinski definition) is 3.